The summed E-state index contributed by atoms with van der Waals surface area (Å²) < 4.78 is 11.0. The van der Waals surface area contributed by atoms with E-state index in [-0.39, 0.29) is 11.3 Å². The summed E-state index contributed by atoms with van der Waals surface area (Å²) in [6.07, 6.45) is 1.46. The quantitative estimate of drug-likeness (QED) is 0.170. The molecule has 0 spiro atoms. The number of carbonyl (C=O) groups excluding carboxylic acids is 2. The number of ketones is 1. The van der Waals surface area contributed by atoms with Gasteiger partial charge in [-0.2, -0.15) is 0 Å². The van der Waals surface area contributed by atoms with Crippen molar-refractivity contribution in [2.24, 2.45) is 0 Å². The maximum atomic E-state index is 13.2. The number of ether oxygens (including phenoxy) is 2. The summed E-state index contributed by atoms with van der Waals surface area (Å²) in [5.74, 6) is -0.841. The van der Waals surface area contributed by atoms with Crippen molar-refractivity contribution in [2.45, 2.75) is 39.3 Å². The Balaban J connectivity index is 1.63. The highest BCUT2D eigenvalue weighted by atomic mass is 16.5. The molecule has 1 aliphatic rings. The number of hydrogen-bond donors (Lipinski definition) is 1. The van der Waals surface area contributed by atoms with Crippen molar-refractivity contribution >= 4 is 17.4 Å². The molecule has 0 radical (unpaired) electrons. The summed E-state index contributed by atoms with van der Waals surface area (Å²) in [4.78, 5) is 27.7. The Bertz CT molecular complexity index is 1280. The monoisotopic (exact) mass is 499 g/mol. The van der Waals surface area contributed by atoms with E-state index in [2.05, 4.69) is 13.0 Å². The molecular formula is C31H33NO5. The van der Waals surface area contributed by atoms with Crippen LogP contribution < -0.4 is 4.74 Å². The summed E-state index contributed by atoms with van der Waals surface area (Å²) in [5, 5.41) is 11.3. The van der Waals surface area contributed by atoms with Gasteiger partial charge in [0.25, 0.3) is 11.7 Å². The van der Waals surface area contributed by atoms with E-state index in [1.165, 1.54) is 10.5 Å². The summed E-state index contributed by atoms with van der Waals surface area (Å²) in [7, 11) is 1.60. The standard InChI is InChI=1S/C31H33NO5/c1-4-22-9-11-24(12-10-22)28-27(30(34)31(35)32(28)17-6-18-36-3)29(33)25-13-15-26(16-14-25)37-20-23-8-5-7-21(2)19-23/h5,7-16,19,28,33H,4,6,17-18,20H2,1-3H3/b29-27+/t28-/m1/s1. The third kappa shape index (κ3) is 5.92. The average molecular weight is 500 g/mol. The van der Waals surface area contributed by atoms with E-state index in [0.29, 0.717) is 37.5 Å². The second-order valence-electron chi connectivity index (χ2n) is 9.24. The van der Waals surface area contributed by atoms with Crippen molar-refractivity contribution in [3.05, 3.63) is 106 Å². The van der Waals surface area contributed by atoms with Crippen LogP contribution >= 0.6 is 0 Å². The van der Waals surface area contributed by atoms with E-state index in [4.69, 9.17) is 9.47 Å². The van der Waals surface area contributed by atoms with Crippen molar-refractivity contribution in [3.63, 3.8) is 0 Å². The number of Topliss-reactive ketones (excluding diaryl/α,β-unsaturated/α-hetero) is 1. The topological polar surface area (TPSA) is 76.1 Å². The fraction of sp³-hybridized carbons (Fsp3) is 0.290. The highest BCUT2D eigenvalue weighted by Crippen LogP contribution is 2.39. The fourth-order valence-electron chi connectivity index (χ4n) is 4.61. The third-order valence-electron chi connectivity index (χ3n) is 6.61. The fourth-order valence-corrected chi connectivity index (χ4v) is 4.61. The van der Waals surface area contributed by atoms with Crippen LogP contribution in [0.1, 0.15) is 47.2 Å². The highest BCUT2D eigenvalue weighted by molar-refractivity contribution is 6.46. The summed E-state index contributed by atoms with van der Waals surface area (Å²) in [6.45, 7) is 5.34. The van der Waals surface area contributed by atoms with Gasteiger partial charge >= 0.3 is 0 Å². The molecule has 1 N–H and O–H groups in total. The number of benzene rings is 3. The van der Waals surface area contributed by atoms with E-state index < -0.39 is 17.7 Å². The van der Waals surface area contributed by atoms with Gasteiger partial charge in [-0.05, 0) is 60.7 Å². The predicted octanol–water partition coefficient (Wildman–Crippen LogP) is 5.59. The zero-order chi connectivity index (χ0) is 26.4. The van der Waals surface area contributed by atoms with Gasteiger partial charge in [0.05, 0.1) is 11.6 Å². The van der Waals surface area contributed by atoms with Crippen LogP contribution in [-0.4, -0.2) is 42.0 Å². The predicted molar refractivity (Wildman–Crippen MR) is 143 cm³/mol. The van der Waals surface area contributed by atoms with Gasteiger partial charge in [0.2, 0.25) is 0 Å². The van der Waals surface area contributed by atoms with E-state index in [1.807, 2.05) is 49.4 Å². The Morgan fingerprint density at radius 2 is 1.70 bits per heavy atom. The molecule has 0 saturated carbocycles. The molecule has 1 amide bonds. The number of nitrogens with zero attached hydrogens (tertiary/aromatic N) is 1. The minimum atomic E-state index is -0.681. The minimum Gasteiger partial charge on any atom is -0.507 e. The van der Waals surface area contributed by atoms with Crippen molar-refractivity contribution in [1.29, 1.82) is 0 Å². The van der Waals surface area contributed by atoms with Gasteiger partial charge in [0.15, 0.2) is 0 Å². The second kappa shape index (κ2) is 11.9. The van der Waals surface area contributed by atoms with Crippen LogP contribution in [0, 0.1) is 6.92 Å². The van der Waals surface area contributed by atoms with E-state index >= 15 is 0 Å². The first-order valence-corrected chi connectivity index (χ1v) is 12.6. The number of carbonyl (C=O) groups is 2. The van der Waals surface area contributed by atoms with Crippen LogP contribution in [-0.2, 0) is 27.4 Å². The number of methoxy groups -OCH3 is 1. The van der Waals surface area contributed by atoms with Crippen molar-refractivity contribution in [3.8, 4) is 5.75 Å². The molecule has 1 fully saturated rings. The molecule has 0 unspecified atom stereocenters. The number of amides is 1. The van der Waals surface area contributed by atoms with Crippen LogP contribution in [0.25, 0.3) is 5.76 Å². The Morgan fingerprint density at radius 3 is 2.35 bits per heavy atom. The average Bonchev–Trinajstić information content (AvgIpc) is 3.17. The number of likely N-dealkylation sites (tertiary alicyclic amines) is 1. The number of aliphatic hydroxyl groups excluding tert-OH is 1. The first-order valence-electron chi connectivity index (χ1n) is 12.6. The van der Waals surface area contributed by atoms with Crippen LogP contribution in [0.2, 0.25) is 0 Å². The van der Waals surface area contributed by atoms with Gasteiger partial charge in [-0.25, -0.2) is 0 Å². The summed E-state index contributed by atoms with van der Waals surface area (Å²) in [6, 6.07) is 22.2. The van der Waals surface area contributed by atoms with Crippen LogP contribution in [0.5, 0.6) is 5.75 Å². The lowest BCUT2D eigenvalue weighted by Gasteiger charge is -2.25. The Labute approximate surface area is 218 Å². The normalized spacial score (nSPS) is 16.8. The molecule has 1 aliphatic heterocycles. The smallest absolute Gasteiger partial charge is 0.295 e. The molecule has 0 bridgehead atoms. The van der Waals surface area contributed by atoms with Gasteiger partial charge in [-0.15, -0.1) is 0 Å². The maximum Gasteiger partial charge on any atom is 0.295 e. The molecular weight excluding hydrogens is 466 g/mol. The summed E-state index contributed by atoms with van der Waals surface area (Å²) in [5.41, 5.74) is 4.72. The molecule has 6 heteroatoms. The van der Waals surface area contributed by atoms with Gasteiger partial charge in [-0.1, -0.05) is 61.0 Å². The van der Waals surface area contributed by atoms with Gasteiger partial charge < -0.3 is 19.5 Å². The van der Waals surface area contributed by atoms with Crippen LogP contribution in [0.3, 0.4) is 0 Å². The van der Waals surface area contributed by atoms with Gasteiger partial charge in [-0.3, -0.25) is 9.59 Å². The third-order valence-corrected chi connectivity index (χ3v) is 6.61. The largest absolute Gasteiger partial charge is 0.507 e. The zero-order valence-corrected chi connectivity index (χ0v) is 21.6. The molecule has 1 saturated heterocycles. The van der Waals surface area contributed by atoms with E-state index in [1.54, 1.807) is 31.4 Å². The van der Waals surface area contributed by atoms with Gasteiger partial charge in [0, 0.05) is 25.8 Å². The zero-order valence-electron chi connectivity index (χ0n) is 21.6. The van der Waals surface area contributed by atoms with Crippen LogP contribution in [0.4, 0.5) is 0 Å². The lowest BCUT2D eigenvalue weighted by atomic mass is 9.94. The Morgan fingerprint density at radius 1 is 0.973 bits per heavy atom. The van der Waals surface area contributed by atoms with Crippen molar-refractivity contribution < 1.29 is 24.2 Å². The maximum absolute atomic E-state index is 13.2. The Hall–Kier alpha value is -3.90. The number of hydrogen-bond acceptors (Lipinski definition) is 5. The van der Waals surface area contributed by atoms with Crippen molar-refractivity contribution in [1.82, 2.24) is 4.90 Å². The molecule has 1 heterocycles. The van der Waals surface area contributed by atoms with E-state index in [9.17, 15) is 14.7 Å². The molecule has 0 aliphatic carbocycles. The molecule has 0 aromatic heterocycles. The molecule has 3 aromatic rings. The SMILES string of the molecule is CCc1ccc([C@@H]2/C(=C(\O)c3ccc(OCc4cccc(C)c4)cc3)C(=O)C(=O)N2CCCOC)cc1. The second-order valence-corrected chi connectivity index (χ2v) is 9.24. The first kappa shape index (κ1) is 26.2. The molecule has 3 aromatic carbocycles. The van der Waals surface area contributed by atoms with Gasteiger partial charge in [0.1, 0.15) is 18.1 Å². The lowest BCUT2D eigenvalue weighted by Crippen LogP contribution is -2.31. The summed E-state index contributed by atoms with van der Waals surface area (Å²) >= 11 is 0. The van der Waals surface area contributed by atoms with Crippen molar-refractivity contribution in [2.75, 3.05) is 20.3 Å². The molecule has 192 valence electrons. The Kier molecular flexibility index (Phi) is 8.41. The molecule has 4 rings (SSSR count). The highest BCUT2D eigenvalue weighted by Gasteiger charge is 2.45. The minimum absolute atomic E-state index is 0.0973. The number of aliphatic hydroxyl groups is 1. The van der Waals surface area contributed by atoms with Crippen LogP contribution in [0.15, 0.2) is 78.4 Å². The molecule has 37 heavy (non-hydrogen) atoms. The lowest BCUT2D eigenvalue weighted by molar-refractivity contribution is -0.140. The first-order chi connectivity index (χ1) is 17.9. The molecule has 1 atom stereocenters. The van der Waals surface area contributed by atoms with E-state index in [0.717, 1.165) is 23.1 Å². The molecule has 6 nitrogen and oxygen atoms in total. The number of rotatable bonds is 10. The number of aryl methyl sites for hydroxylation is 2.